The highest BCUT2D eigenvalue weighted by atomic mass is 16.5. The predicted molar refractivity (Wildman–Crippen MR) is 141 cm³/mol. The first-order valence-corrected chi connectivity index (χ1v) is 11.4. The Labute approximate surface area is 210 Å². The van der Waals surface area contributed by atoms with E-state index in [-0.39, 0.29) is 22.8 Å². The molecular weight excluding hydrogens is 452 g/mol. The first kappa shape index (κ1) is 24.4. The van der Waals surface area contributed by atoms with Gasteiger partial charge in [0, 0.05) is 0 Å². The quantitative estimate of drug-likeness (QED) is 0.218. The molecule has 4 rings (SSSR count). The van der Waals surface area contributed by atoms with E-state index in [0.717, 1.165) is 28.3 Å². The predicted octanol–water partition coefficient (Wildman–Crippen LogP) is 5.99. The van der Waals surface area contributed by atoms with Crippen LogP contribution >= 0.6 is 0 Å². The second kappa shape index (κ2) is 11.1. The molecule has 0 aliphatic heterocycles. The Balaban J connectivity index is 1.68. The third-order valence-corrected chi connectivity index (χ3v) is 5.68. The largest absolute Gasteiger partial charge is 0.497 e. The summed E-state index contributed by atoms with van der Waals surface area (Å²) in [4.78, 5) is 26.6. The summed E-state index contributed by atoms with van der Waals surface area (Å²) < 4.78 is 12.0. The minimum atomic E-state index is -0.357. The number of carbonyl (C=O) groups is 2. The molecule has 0 saturated carbocycles. The Morgan fingerprint density at radius 2 is 1.22 bits per heavy atom. The van der Waals surface area contributed by atoms with Crippen molar-refractivity contribution in [1.82, 2.24) is 9.78 Å². The highest BCUT2D eigenvalue weighted by molar-refractivity contribution is 6.17. The van der Waals surface area contributed by atoms with Crippen molar-refractivity contribution in [2.24, 2.45) is 0 Å². The van der Waals surface area contributed by atoms with Crippen LogP contribution in [0.5, 0.6) is 11.5 Å². The number of ketones is 2. The number of rotatable bonds is 9. The number of methoxy groups -OCH3 is 2. The van der Waals surface area contributed by atoms with E-state index < -0.39 is 0 Å². The van der Waals surface area contributed by atoms with Gasteiger partial charge in [0.15, 0.2) is 5.78 Å². The standard InChI is InChI=1S/C30H26N2O4/c1-21-29(27(33)19-13-22-9-15-25(35-2)16-10-22)30(31-32(21)24-7-5-4-6-8-24)28(34)20-14-23-11-17-26(36-3)18-12-23/h4-20H,1-3H3/b19-13+,20-14+. The van der Waals surface area contributed by atoms with Crippen molar-refractivity contribution in [1.29, 1.82) is 0 Å². The van der Waals surface area contributed by atoms with Crippen molar-refractivity contribution in [2.45, 2.75) is 6.92 Å². The summed E-state index contributed by atoms with van der Waals surface area (Å²) >= 11 is 0. The Morgan fingerprint density at radius 1 is 0.722 bits per heavy atom. The van der Waals surface area contributed by atoms with Crippen LogP contribution in [0.4, 0.5) is 0 Å². The van der Waals surface area contributed by atoms with E-state index in [1.165, 1.54) is 12.2 Å². The van der Waals surface area contributed by atoms with Gasteiger partial charge in [0.2, 0.25) is 5.78 Å². The molecular formula is C30H26N2O4. The normalized spacial score (nSPS) is 11.2. The highest BCUT2D eigenvalue weighted by Gasteiger charge is 2.24. The first-order valence-electron chi connectivity index (χ1n) is 11.4. The molecule has 0 radical (unpaired) electrons. The van der Waals surface area contributed by atoms with Crippen molar-refractivity contribution >= 4 is 23.7 Å². The summed E-state index contributed by atoms with van der Waals surface area (Å²) in [6.45, 7) is 1.79. The fourth-order valence-corrected chi connectivity index (χ4v) is 3.73. The number of carbonyl (C=O) groups excluding carboxylic acids is 2. The number of nitrogens with zero attached hydrogens (tertiary/aromatic N) is 2. The molecule has 3 aromatic carbocycles. The van der Waals surface area contributed by atoms with Crippen molar-refractivity contribution in [3.8, 4) is 17.2 Å². The van der Waals surface area contributed by atoms with Gasteiger partial charge in [0.25, 0.3) is 0 Å². The van der Waals surface area contributed by atoms with Gasteiger partial charge in [0.1, 0.15) is 17.2 Å². The van der Waals surface area contributed by atoms with Crippen LogP contribution in [0.3, 0.4) is 0 Å². The maximum Gasteiger partial charge on any atom is 0.206 e. The van der Waals surface area contributed by atoms with E-state index >= 15 is 0 Å². The Hall–Kier alpha value is -4.71. The lowest BCUT2D eigenvalue weighted by Crippen LogP contribution is -2.05. The fraction of sp³-hybridized carbons (Fsp3) is 0.100. The highest BCUT2D eigenvalue weighted by Crippen LogP contribution is 2.22. The van der Waals surface area contributed by atoms with Crippen molar-refractivity contribution in [3.05, 3.63) is 119 Å². The molecule has 0 spiro atoms. The summed E-state index contributed by atoms with van der Waals surface area (Å²) in [5.74, 6) is 0.804. The van der Waals surface area contributed by atoms with Crippen LogP contribution in [0, 0.1) is 6.92 Å². The van der Waals surface area contributed by atoms with Gasteiger partial charge in [-0.25, -0.2) is 4.68 Å². The van der Waals surface area contributed by atoms with Crippen molar-refractivity contribution in [2.75, 3.05) is 14.2 Å². The zero-order chi connectivity index (χ0) is 25.5. The maximum atomic E-state index is 13.3. The summed E-state index contributed by atoms with van der Waals surface area (Å²) in [5.41, 5.74) is 3.40. The van der Waals surface area contributed by atoms with Crippen LogP contribution < -0.4 is 9.47 Å². The summed E-state index contributed by atoms with van der Waals surface area (Å²) in [7, 11) is 3.20. The van der Waals surface area contributed by atoms with Gasteiger partial charge in [-0.05, 0) is 66.6 Å². The Kier molecular flexibility index (Phi) is 7.56. The van der Waals surface area contributed by atoms with Gasteiger partial charge in [-0.15, -0.1) is 0 Å². The van der Waals surface area contributed by atoms with E-state index in [2.05, 4.69) is 5.10 Å². The molecule has 1 aromatic heterocycles. The van der Waals surface area contributed by atoms with Crippen LogP contribution in [-0.4, -0.2) is 35.6 Å². The summed E-state index contributed by atoms with van der Waals surface area (Å²) in [6, 6.07) is 24.1. The van der Waals surface area contributed by atoms with Gasteiger partial charge in [-0.1, -0.05) is 54.6 Å². The third-order valence-electron chi connectivity index (χ3n) is 5.68. The number of benzene rings is 3. The van der Waals surface area contributed by atoms with Gasteiger partial charge in [-0.3, -0.25) is 9.59 Å². The van der Waals surface area contributed by atoms with Crippen molar-refractivity contribution in [3.63, 3.8) is 0 Å². The maximum absolute atomic E-state index is 13.3. The first-order chi connectivity index (χ1) is 17.5. The molecule has 36 heavy (non-hydrogen) atoms. The van der Waals surface area contributed by atoms with Crippen LogP contribution in [0.25, 0.3) is 17.8 Å². The Bertz CT molecular complexity index is 1410. The van der Waals surface area contributed by atoms with E-state index in [1.54, 1.807) is 38.0 Å². The van der Waals surface area contributed by atoms with Crippen LogP contribution in [0.15, 0.2) is 91.0 Å². The molecule has 180 valence electrons. The molecule has 0 amide bonds. The number of ether oxygens (including phenoxy) is 2. The number of hydrogen-bond acceptors (Lipinski definition) is 5. The minimum absolute atomic E-state index is 0.102. The molecule has 0 atom stereocenters. The zero-order valence-electron chi connectivity index (χ0n) is 20.3. The van der Waals surface area contributed by atoms with E-state index in [1.807, 2.05) is 78.9 Å². The molecule has 1 heterocycles. The molecule has 0 N–H and O–H groups in total. The van der Waals surface area contributed by atoms with E-state index in [9.17, 15) is 9.59 Å². The number of hydrogen-bond donors (Lipinski definition) is 0. The molecule has 0 aliphatic carbocycles. The summed E-state index contributed by atoms with van der Waals surface area (Å²) in [6.07, 6.45) is 6.30. The topological polar surface area (TPSA) is 70.4 Å². The lowest BCUT2D eigenvalue weighted by Gasteiger charge is -2.03. The fourth-order valence-electron chi connectivity index (χ4n) is 3.73. The molecule has 0 unspecified atom stereocenters. The number of allylic oxidation sites excluding steroid dienone is 2. The number of para-hydroxylation sites is 1. The molecule has 4 aromatic rings. The SMILES string of the molecule is COc1ccc(/C=C/C(=O)c2nn(-c3ccccc3)c(C)c2C(=O)/C=C/c2ccc(OC)cc2)cc1. The smallest absolute Gasteiger partial charge is 0.206 e. The lowest BCUT2D eigenvalue weighted by molar-refractivity contribution is 0.101. The van der Waals surface area contributed by atoms with E-state index in [4.69, 9.17) is 9.47 Å². The third kappa shape index (κ3) is 5.50. The monoisotopic (exact) mass is 478 g/mol. The lowest BCUT2D eigenvalue weighted by atomic mass is 10.0. The van der Waals surface area contributed by atoms with Gasteiger partial charge in [-0.2, -0.15) is 5.10 Å². The second-order valence-corrected chi connectivity index (χ2v) is 8.00. The molecule has 0 fully saturated rings. The zero-order valence-corrected chi connectivity index (χ0v) is 20.3. The van der Waals surface area contributed by atoms with Crippen LogP contribution in [-0.2, 0) is 0 Å². The average molecular weight is 479 g/mol. The van der Waals surface area contributed by atoms with Gasteiger partial charge in [0.05, 0.1) is 31.2 Å². The van der Waals surface area contributed by atoms with Crippen LogP contribution in [0.1, 0.15) is 37.7 Å². The van der Waals surface area contributed by atoms with E-state index in [0.29, 0.717) is 5.69 Å². The summed E-state index contributed by atoms with van der Waals surface area (Å²) in [5, 5.41) is 4.54. The van der Waals surface area contributed by atoms with Crippen molar-refractivity contribution < 1.29 is 19.1 Å². The van der Waals surface area contributed by atoms with Gasteiger partial charge >= 0.3 is 0 Å². The molecule has 6 nitrogen and oxygen atoms in total. The molecule has 0 saturated heterocycles. The molecule has 0 aliphatic rings. The number of aromatic nitrogens is 2. The molecule has 6 heteroatoms. The van der Waals surface area contributed by atoms with Crippen LogP contribution in [0.2, 0.25) is 0 Å². The Morgan fingerprint density at radius 3 is 1.72 bits per heavy atom. The average Bonchev–Trinajstić information content (AvgIpc) is 3.28. The molecule has 0 bridgehead atoms. The van der Waals surface area contributed by atoms with Gasteiger partial charge < -0.3 is 9.47 Å². The minimum Gasteiger partial charge on any atom is -0.497 e. The second-order valence-electron chi connectivity index (χ2n) is 8.00.